The molecule has 4 rings (SSSR count). The molecule has 0 aliphatic carbocycles. The van der Waals surface area contributed by atoms with Crippen LogP contribution in [0.4, 0.5) is 0 Å². The molecule has 22 heavy (non-hydrogen) atoms. The van der Waals surface area contributed by atoms with Crippen LogP contribution in [-0.2, 0) is 0 Å². The van der Waals surface area contributed by atoms with Gasteiger partial charge in [-0.2, -0.15) is 5.10 Å². The largest absolute Gasteiger partial charge is 0.338 e. The molecule has 1 aromatic carbocycles. The molecule has 108 valence electrons. The molecule has 3 heterocycles. The lowest BCUT2D eigenvalue weighted by molar-refractivity contribution is 0.847. The number of nitrogens with zero attached hydrogens (tertiary/aromatic N) is 4. The van der Waals surface area contributed by atoms with Crippen LogP contribution in [0.2, 0.25) is 10.0 Å². The molecule has 0 saturated heterocycles. The first kappa shape index (κ1) is 13.3. The minimum atomic E-state index is 0.532. The van der Waals surface area contributed by atoms with Crippen LogP contribution in [0.3, 0.4) is 0 Å². The second-order valence-electron chi connectivity index (χ2n) is 4.72. The Hall–Kier alpha value is -2.37. The zero-order valence-electron chi connectivity index (χ0n) is 11.2. The second-order valence-corrected chi connectivity index (χ2v) is 5.60. The summed E-state index contributed by atoms with van der Waals surface area (Å²) < 4.78 is 1.67. The zero-order valence-corrected chi connectivity index (χ0v) is 12.7. The standard InChI is InChI=1S/C15H9Cl2N5/c16-9-2-3-12-13(7-9)21-14(20-12)11-6-10(17)8-18-15(11)22-5-1-4-19-22/h1-8H,(H,20,21). The van der Waals surface area contributed by atoms with Gasteiger partial charge in [-0.05, 0) is 30.3 Å². The number of aromatic nitrogens is 5. The first-order valence-corrected chi connectivity index (χ1v) is 7.27. The zero-order chi connectivity index (χ0) is 15.1. The maximum Gasteiger partial charge on any atom is 0.164 e. The summed E-state index contributed by atoms with van der Waals surface area (Å²) in [6, 6.07) is 9.14. The lowest BCUT2D eigenvalue weighted by atomic mass is 10.2. The molecule has 5 nitrogen and oxygen atoms in total. The van der Waals surface area contributed by atoms with E-state index in [4.69, 9.17) is 23.2 Å². The molecule has 0 amide bonds. The van der Waals surface area contributed by atoms with E-state index in [0.717, 1.165) is 16.6 Å². The van der Waals surface area contributed by atoms with E-state index in [9.17, 15) is 0 Å². The minimum Gasteiger partial charge on any atom is -0.338 e. The monoisotopic (exact) mass is 329 g/mol. The van der Waals surface area contributed by atoms with Crippen LogP contribution in [0.25, 0.3) is 28.2 Å². The van der Waals surface area contributed by atoms with Crippen molar-refractivity contribution in [3.8, 4) is 17.2 Å². The van der Waals surface area contributed by atoms with Crippen molar-refractivity contribution in [3.63, 3.8) is 0 Å². The predicted octanol–water partition coefficient (Wildman–Crippen LogP) is 4.12. The molecule has 3 aromatic heterocycles. The fraction of sp³-hybridized carbons (Fsp3) is 0. The predicted molar refractivity (Wildman–Crippen MR) is 86.5 cm³/mol. The molecule has 1 N–H and O–H groups in total. The molecule has 0 unspecified atom stereocenters. The third kappa shape index (κ3) is 2.24. The summed E-state index contributed by atoms with van der Waals surface area (Å²) in [5.74, 6) is 1.32. The van der Waals surface area contributed by atoms with E-state index in [1.807, 2.05) is 30.5 Å². The van der Waals surface area contributed by atoms with E-state index in [0.29, 0.717) is 21.7 Å². The molecule has 0 aliphatic heterocycles. The van der Waals surface area contributed by atoms with Crippen LogP contribution in [0.1, 0.15) is 0 Å². The Bertz CT molecular complexity index is 959. The number of imidazole rings is 1. The van der Waals surface area contributed by atoms with Crippen molar-refractivity contribution in [3.05, 3.63) is 59.0 Å². The Morgan fingerprint density at radius 1 is 1.09 bits per heavy atom. The number of rotatable bonds is 2. The number of H-pyrrole nitrogens is 1. The molecule has 0 fully saturated rings. The highest BCUT2D eigenvalue weighted by Crippen LogP contribution is 2.28. The van der Waals surface area contributed by atoms with E-state index in [2.05, 4.69) is 20.1 Å². The average Bonchev–Trinajstić information content (AvgIpc) is 3.15. The van der Waals surface area contributed by atoms with Crippen LogP contribution in [0, 0.1) is 0 Å². The van der Waals surface area contributed by atoms with Gasteiger partial charge in [-0.15, -0.1) is 0 Å². The highest BCUT2D eigenvalue weighted by atomic mass is 35.5. The van der Waals surface area contributed by atoms with Gasteiger partial charge in [0.2, 0.25) is 0 Å². The smallest absolute Gasteiger partial charge is 0.164 e. The number of nitrogens with one attached hydrogen (secondary N) is 1. The fourth-order valence-electron chi connectivity index (χ4n) is 2.29. The Balaban J connectivity index is 1.95. The maximum absolute atomic E-state index is 6.10. The van der Waals surface area contributed by atoms with Crippen molar-refractivity contribution < 1.29 is 0 Å². The Morgan fingerprint density at radius 3 is 2.82 bits per heavy atom. The highest BCUT2D eigenvalue weighted by molar-refractivity contribution is 6.31. The lowest BCUT2D eigenvalue weighted by Crippen LogP contribution is -2.01. The summed E-state index contributed by atoms with van der Waals surface area (Å²) in [7, 11) is 0. The molecular formula is C15H9Cl2N5. The maximum atomic E-state index is 6.10. The molecule has 0 saturated carbocycles. The van der Waals surface area contributed by atoms with Crippen LogP contribution >= 0.6 is 23.2 Å². The van der Waals surface area contributed by atoms with Gasteiger partial charge < -0.3 is 4.98 Å². The summed E-state index contributed by atoms with van der Waals surface area (Å²) in [5, 5.41) is 5.40. The average molecular weight is 330 g/mol. The molecule has 4 aromatic rings. The SMILES string of the molecule is Clc1cnc(-n2cccn2)c(-c2nc3ccc(Cl)cc3[nH]2)c1. The Kier molecular flexibility index (Phi) is 3.10. The second kappa shape index (κ2) is 5.12. The van der Waals surface area contributed by atoms with Gasteiger partial charge in [0, 0.05) is 23.6 Å². The summed E-state index contributed by atoms with van der Waals surface area (Å²) in [6.07, 6.45) is 5.10. The third-order valence-electron chi connectivity index (χ3n) is 3.25. The highest BCUT2D eigenvalue weighted by Gasteiger charge is 2.14. The van der Waals surface area contributed by atoms with Crippen LogP contribution in [0.15, 0.2) is 48.9 Å². The van der Waals surface area contributed by atoms with E-state index < -0.39 is 0 Å². The molecule has 0 aliphatic rings. The fourth-order valence-corrected chi connectivity index (χ4v) is 2.62. The van der Waals surface area contributed by atoms with Gasteiger partial charge in [0.15, 0.2) is 5.82 Å². The van der Waals surface area contributed by atoms with Crippen molar-refractivity contribution >= 4 is 34.2 Å². The first-order chi connectivity index (χ1) is 10.7. The number of pyridine rings is 1. The summed E-state index contributed by atoms with van der Waals surface area (Å²) in [6.45, 7) is 0. The van der Waals surface area contributed by atoms with Gasteiger partial charge in [0.05, 0.1) is 21.6 Å². The van der Waals surface area contributed by atoms with Gasteiger partial charge >= 0.3 is 0 Å². The van der Waals surface area contributed by atoms with E-state index in [-0.39, 0.29) is 0 Å². The van der Waals surface area contributed by atoms with Gasteiger partial charge in [0.1, 0.15) is 5.82 Å². The van der Waals surface area contributed by atoms with Crippen molar-refractivity contribution in [2.75, 3.05) is 0 Å². The molecule has 0 radical (unpaired) electrons. The third-order valence-corrected chi connectivity index (χ3v) is 3.70. The number of aromatic amines is 1. The quantitative estimate of drug-likeness (QED) is 0.601. The van der Waals surface area contributed by atoms with Crippen LogP contribution in [0.5, 0.6) is 0 Å². The summed E-state index contributed by atoms with van der Waals surface area (Å²) >= 11 is 12.1. The topological polar surface area (TPSA) is 59.4 Å². The van der Waals surface area contributed by atoms with Gasteiger partial charge in [-0.25, -0.2) is 14.6 Å². The van der Waals surface area contributed by atoms with Crippen molar-refractivity contribution in [2.24, 2.45) is 0 Å². The number of halogens is 2. The van der Waals surface area contributed by atoms with Gasteiger partial charge in [0.25, 0.3) is 0 Å². The van der Waals surface area contributed by atoms with E-state index in [1.165, 1.54) is 0 Å². The number of hydrogen-bond acceptors (Lipinski definition) is 3. The van der Waals surface area contributed by atoms with Crippen LogP contribution in [-0.4, -0.2) is 24.7 Å². The van der Waals surface area contributed by atoms with Crippen molar-refractivity contribution in [1.82, 2.24) is 24.7 Å². The molecule has 0 spiro atoms. The first-order valence-electron chi connectivity index (χ1n) is 6.52. The molecule has 7 heteroatoms. The van der Waals surface area contributed by atoms with E-state index in [1.54, 1.807) is 23.1 Å². The number of benzene rings is 1. The Labute approximate surface area is 135 Å². The van der Waals surface area contributed by atoms with Crippen molar-refractivity contribution in [1.29, 1.82) is 0 Å². The summed E-state index contributed by atoms with van der Waals surface area (Å²) in [5.41, 5.74) is 2.45. The van der Waals surface area contributed by atoms with Crippen LogP contribution < -0.4 is 0 Å². The number of hydrogen-bond donors (Lipinski definition) is 1. The Morgan fingerprint density at radius 2 is 2.00 bits per heavy atom. The van der Waals surface area contributed by atoms with Crippen molar-refractivity contribution in [2.45, 2.75) is 0 Å². The molecular weight excluding hydrogens is 321 g/mol. The number of fused-ring (bicyclic) bond motifs is 1. The molecule has 0 atom stereocenters. The van der Waals surface area contributed by atoms with Gasteiger partial charge in [-0.3, -0.25) is 0 Å². The summed E-state index contributed by atoms with van der Waals surface area (Å²) in [4.78, 5) is 12.2. The van der Waals surface area contributed by atoms with E-state index >= 15 is 0 Å². The van der Waals surface area contributed by atoms with Gasteiger partial charge in [-0.1, -0.05) is 23.2 Å². The lowest BCUT2D eigenvalue weighted by Gasteiger charge is -2.06. The minimum absolute atomic E-state index is 0.532. The molecule has 0 bridgehead atoms. The normalized spacial score (nSPS) is 11.2.